The van der Waals surface area contributed by atoms with Crippen LogP contribution in [0.3, 0.4) is 0 Å². The number of carbonyl (C=O) groups excluding carboxylic acids is 1. The van der Waals surface area contributed by atoms with Crippen molar-refractivity contribution in [1.29, 1.82) is 0 Å². The summed E-state index contributed by atoms with van der Waals surface area (Å²) in [5.74, 6) is 0.380. The second kappa shape index (κ2) is 8.85. The summed E-state index contributed by atoms with van der Waals surface area (Å²) in [6.07, 6.45) is 1.79. The van der Waals surface area contributed by atoms with E-state index in [2.05, 4.69) is 68.6 Å². The first-order chi connectivity index (χ1) is 14.6. The Bertz CT molecular complexity index is 1170. The third kappa shape index (κ3) is 4.17. The predicted octanol–water partition coefficient (Wildman–Crippen LogP) is 7.57. The van der Waals surface area contributed by atoms with E-state index in [0.717, 1.165) is 33.7 Å². The van der Waals surface area contributed by atoms with Gasteiger partial charge in [-0.2, -0.15) is 0 Å². The molecule has 2 nitrogen and oxygen atoms in total. The lowest BCUT2D eigenvalue weighted by atomic mass is 9.96. The summed E-state index contributed by atoms with van der Waals surface area (Å²) in [5, 5.41) is 4.38. The second-order valence-corrected chi connectivity index (χ2v) is 8.97. The molecule has 1 heterocycles. The number of thiophene rings is 1. The van der Waals surface area contributed by atoms with E-state index in [0.29, 0.717) is 5.92 Å². The van der Waals surface area contributed by atoms with Crippen molar-refractivity contribution in [3.05, 3.63) is 99.9 Å². The molecule has 1 unspecified atom stereocenters. The van der Waals surface area contributed by atoms with Crippen molar-refractivity contribution < 1.29 is 4.79 Å². The van der Waals surface area contributed by atoms with Crippen LogP contribution in [0.4, 0.5) is 5.69 Å². The highest BCUT2D eigenvalue weighted by Crippen LogP contribution is 2.34. The highest BCUT2D eigenvalue weighted by Gasteiger charge is 2.20. The van der Waals surface area contributed by atoms with E-state index in [9.17, 15) is 4.79 Å². The van der Waals surface area contributed by atoms with E-state index < -0.39 is 0 Å². The number of benzene rings is 3. The molecule has 1 aromatic heterocycles. The number of anilines is 1. The quantitative estimate of drug-likeness (QED) is 0.347. The number of amides is 1. The predicted molar refractivity (Wildman–Crippen MR) is 129 cm³/mol. The molecular formula is C27H27NOS. The number of fused-ring (bicyclic) bond motifs is 1. The Kier molecular flexibility index (Phi) is 6.01. The van der Waals surface area contributed by atoms with Crippen molar-refractivity contribution in [3.8, 4) is 0 Å². The molecule has 0 radical (unpaired) electrons. The van der Waals surface area contributed by atoms with E-state index >= 15 is 0 Å². The van der Waals surface area contributed by atoms with E-state index in [4.69, 9.17) is 0 Å². The van der Waals surface area contributed by atoms with Crippen molar-refractivity contribution >= 4 is 33.0 Å². The molecule has 0 aliphatic rings. The third-order valence-electron chi connectivity index (χ3n) is 5.76. The minimum atomic E-state index is -0.0194. The Morgan fingerprint density at radius 1 is 0.967 bits per heavy atom. The fourth-order valence-corrected chi connectivity index (χ4v) is 4.92. The largest absolute Gasteiger partial charge is 0.321 e. The van der Waals surface area contributed by atoms with Gasteiger partial charge in [0.05, 0.1) is 4.88 Å². The molecule has 0 fully saturated rings. The number of hydrogen-bond acceptors (Lipinski definition) is 2. The van der Waals surface area contributed by atoms with Gasteiger partial charge in [0, 0.05) is 10.4 Å². The Hall–Kier alpha value is -2.91. The molecular weight excluding hydrogens is 386 g/mol. The molecule has 1 amide bonds. The van der Waals surface area contributed by atoms with Gasteiger partial charge in [-0.25, -0.2) is 0 Å². The Labute approximate surface area is 182 Å². The first-order valence-electron chi connectivity index (χ1n) is 10.5. The van der Waals surface area contributed by atoms with Crippen molar-refractivity contribution in [2.75, 3.05) is 5.32 Å². The molecule has 0 aliphatic heterocycles. The van der Waals surface area contributed by atoms with Crippen molar-refractivity contribution in [2.24, 2.45) is 0 Å². The fraction of sp³-hybridized carbons (Fsp3) is 0.222. The normalized spacial score (nSPS) is 12.1. The summed E-state index contributed by atoms with van der Waals surface area (Å²) in [6, 6.07) is 25.0. The van der Waals surface area contributed by atoms with E-state index in [1.165, 1.54) is 22.1 Å². The molecule has 4 rings (SSSR count). The van der Waals surface area contributed by atoms with Crippen LogP contribution in [0.15, 0.2) is 72.8 Å². The van der Waals surface area contributed by atoms with Gasteiger partial charge in [0.25, 0.3) is 5.91 Å². The molecule has 0 saturated carbocycles. The number of para-hydroxylation sites is 1. The molecule has 1 atom stereocenters. The van der Waals surface area contributed by atoms with Crippen LogP contribution in [0.2, 0.25) is 0 Å². The SMILES string of the molecule is CCC(C)c1ccccc1NC(=O)c1sc2ccccc2c1Cc1ccc(C)cc1. The second-order valence-electron chi connectivity index (χ2n) is 7.92. The lowest BCUT2D eigenvalue weighted by Gasteiger charge is -2.15. The minimum absolute atomic E-state index is 0.0194. The molecule has 0 aliphatic carbocycles. The number of rotatable bonds is 6. The lowest BCUT2D eigenvalue weighted by Crippen LogP contribution is -2.14. The van der Waals surface area contributed by atoms with Crippen molar-refractivity contribution in [1.82, 2.24) is 0 Å². The molecule has 4 aromatic rings. The van der Waals surface area contributed by atoms with E-state index in [1.807, 2.05) is 30.3 Å². The zero-order chi connectivity index (χ0) is 21.1. The Balaban J connectivity index is 1.72. The molecule has 1 N–H and O–H groups in total. The van der Waals surface area contributed by atoms with Crippen LogP contribution < -0.4 is 5.32 Å². The van der Waals surface area contributed by atoms with Gasteiger partial charge in [-0.1, -0.05) is 80.1 Å². The summed E-state index contributed by atoms with van der Waals surface area (Å²) in [5.41, 5.74) is 5.68. The highest BCUT2D eigenvalue weighted by molar-refractivity contribution is 7.21. The maximum Gasteiger partial charge on any atom is 0.266 e. The fourth-order valence-electron chi connectivity index (χ4n) is 3.81. The maximum atomic E-state index is 13.4. The number of carbonyl (C=O) groups is 1. The van der Waals surface area contributed by atoms with Crippen LogP contribution in [0.1, 0.15) is 58.1 Å². The number of aryl methyl sites for hydroxylation is 1. The zero-order valence-corrected chi connectivity index (χ0v) is 18.6. The van der Waals surface area contributed by atoms with Crippen LogP contribution in [0, 0.1) is 6.92 Å². The summed E-state index contributed by atoms with van der Waals surface area (Å²) in [6.45, 7) is 6.47. The van der Waals surface area contributed by atoms with Gasteiger partial charge in [-0.05, 0) is 59.9 Å². The molecule has 152 valence electrons. The Morgan fingerprint density at radius 3 is 2.43 bits per heavy atom. The maximum absolute atomic E-state index is 13.4. The molecule has 30 heavy (non-hydrogen) atoms. The van der Waals surface area contributed by atoms with Crippen LogP contribution >= 0.6 is 11.3 Å². The molecule has 0 saturated heterocycles. The van der Waals surface area contributed by atoms with Gasteiger partial charge >= 0.3 is 0 Å². The van der Waals surface area contributed by atoms with Gasteiger partial charge < -0.3 is 5.32 Å². The number of hydrogen-bond donors (Lipinski definition) is 1. The summed E-state index contributed by atoms with van der Waals surface area (Å²) >= 11 is 1.58. The average Bonchev–Trinajstić information content (AvgIpc) is 3.14. The Morgan fingerprint density at radius 2 is 1.67 bits per heavy atom. The van der Waals surface area contributed by atoms with E-state index in [-0.39, 0.29) is 5.91 Å². The lowest BCUT2D eigenvalue weighted by molar-refractivity contribution is 0.103. The standard InChI is InChI=1S/C27H27NOS/c1-4-19(3)21-9-5-7-11-24(21)28-27(29)26-23(17-20-15-13-18(2)14-16-20)22-10-6-8-12-25(22)30-26/h5-16,19H,4,17H2,1-3H3,(H,28,29). The van der Waals surface area contributed by atoms with Gasteiger partial charge in [0.1, 0.15) is 0 Å². The van der Waals surface area contributed by atoms with Crippen LogP contribution in [-0.4, -0.2) is 5.91 Å². The van der Waals surface area contributed by atoms with Crippen LogP contribution in [-0.2, 0) is 6.42 Å². The summed E-state index contributed by atoms with van der Waals surface area (Å²) < 4.78 is 1.15. The van der Waals surface area contributed by atoms with Crippen LogP contribution in [0.25, 0.3) is 10.1 Å². The molecule has 0 spiro atoms. The summed E-state index contributed by atoms with van der Waals surface area (Å²) in [4.78, 5) is 14.2. The van der Waals surface area contributed by atoms with Gasteiger partial charge in [0.15, 0.2) is 0 Å². The zero-order valence-electron chi connectivity index (χ0n) is 17.7. The van der Waals surface area contributed by atoms with Gasteiger partial charge in [-0.3, -0.25) is 4.79 Å². The van der Waals surface area contributed by atoms with Gasteiger partial charge in [-0.15, -0.1) is 11.3 Å². The molecule has 0 bridgehead atoms. The first-order valence-corrected chi connectivity index (χ1v) is 11.3. The summed E-state index contributed by atoms with van der Waals surface area (Å²) in [7, 11) is 0. The number of nitrogens with one attached hydrogen (secondary N) is 1. The first kappa shape index (κ1) is 20.4. The average molecular weight is 414 g/mol. The van der Waals surface area contributed by atoms with Crippen molar-refractivity contribution in [3.63, 3.8) is 0 Å². The highest BCUT2D eigenvalue weighted by atomic mass is 32.1. The van der Waals surface area contributed by atoms with E-state index in [1.54, 1.807) is 11.3 Å². The third-order valence-corrected chi connectivity index (χ3v) is 6.97. The topological polar surface area (TPSA) is 29.1 Å². The monoisotopic (exact) mass is 413 g/mol. The van der Waals surface area contributed by atoms with Crippen molar-refractivity contribution in [2.45, 2.75) is 39.5 Å². The van der Waals surface area contributed by atoms with Gasteiger partial charge in [0.2, 0.25) is 0 Å². The smallest absolute Gasteiger partial charge is 0.266 e. The molecule has 3 aromatic carbocycles. The van der Waals surface area contributed by atoms with Crippen LogP contribution in [0.5, 0.6) is 0 Å². The molecule has 3 heteroatoms. The minimum Gasteiger partial charge on any atom is -0.321 e.